The van der Waals surface area contributed by atoms with E-state index in [0.717, 1.165) is 53.9 Å². The van der Waals surface area contributed by atoms with Crippen LogP contribution in [0.3, 0.4) is 0 Å². The van der Waals surface area contributed by atoms with Crippen LogP contribution in [-0.4, -0.2) is 4.89 Å². The molecule has 0 bridgehead atoms. The molecule has 8 aromatic carbocycles. The maximum absolute atomic E-state index is 14.4. The molecule has 0 unspecified atom stereocenters. The van der Waals surface area contributed by atoms with Gasteiger partial charge in [0.1, 0.15) is 0 Å². The van der Waals surface area contributed by atoms with Crippen LogP contribution < -0.4 is 10.6 Å². The molecule has 3 heteroatoms. The third-order valence-corrected chi connectivity index (χ3v) is 9.89. The molecule has 33 heavy (non-hydrogen) atoms. The summed E-state index contributed by atoms with van der Waals surface area (Å²) in [5, 5.41) is 16.6. The van der Waals surface area contributed by atoms with Crippen LogP contribution in [-0.2, 0) is 4.57 Å². The highest BCUT2D eigenvalue weighted by Gasteiger charge is 2.36. The Hall–Kier alpha value is -3.71. The van der Waals surface area contributed by atoms with Crippen LogP contribution in [0.4, 0.5) is 0 Å². The van der Waals surface area contributed by atoms with E-state index in [1.165, 1.54) is 21.5 Å². The van der Waals surface area contributed by atoms with E-state index in [1.807, 2.05) is 24.3 Å². The second-order valence-corrected chi connectivity index (χ2v) is 11.6. The zero-order chi connectivity index (χ0) is 21.6. The zero-order valence-electron chi connectivity index (χ0n) is 17.4. The Kier molecular flexibility index (Phi) is 2.60. The van der Waals surface area contributed by atoms with E-state index in [4.69, 9.17) is 0 Å². The van der Waals surface area contributed by atoms with Crippen molar-refractivity contribution in [2.75, 3.05) is 0 Å². The molecule has 0 radical (unpaired) electrons. The third-order valence-electron chi connectivity index (χ3n) is 7.88. The summed E-state index contributed by atoms with van der Waals surface area (Å²) in [6, 6.07) is 29.6. The second-order valence-electron chi connectivity index (χ2n) is 9.45. The largest absolute Gasteiger partial charge is 0.338 e. The van der Waals surface area contributed by atoms with Crippen molar-refractivity contribution in [3.05, 3.63) is 84.9 Å². The molecule has 0 spiro atoms. The molecular formula is C30H15O2P. The molecule has 0 amide bonds. The summed E-state index contributed by atoms with van der Waals surface area (Å²) in [5.74, 6) is 0. The lowest BCUT2D eigenvalue weighted by Gasteiger charge is -2.28. The molecule has 1 heterocycles. The molecule has 1 aliphatic heterocycles. The Morgan fingerprint density at radius 1 is 0.424 bits per heavy atom. The van der Waals surface area contributed by atoms with Gasteiger partial charge in [0.2, 0.25) is 0 Å². The Morgan fingerprint density at radius 2 is 0.818 bits per heavy atom. The van der Waals surface area contributed by atoms with E-state index < -0.39 is 7.37 Å². The SMILES string of the molecule is O=P1(O)c2cc3cccc4ccc5cc6cc7ccc8cccc9cc1c(c6c2c5c43)c7c89. The molecule has 8 aromatic rings. The average Bonchev–Trinajstić information content (AvgIpc) is 2.83. The van der Waals surface area contributed by atoms with Crippen molar-refractivity contribution in [2.24, 2.45) is 0 Å². The van der Waals surface area contributed by atoms with Gasteiger partial charge >= 0.3 is 0 Å². The topological polar surface area (TPSA) is 37.3 Å². The summed E-state index contributed by atoms with van der Waals surface area (Å²) in [5.41, 5.74) is 0. The zero-order valence-corrected chi connectivity index (χ0v) is 18.3. The van der Waals surface area contributed by atoms with Crippen LogP contribution in [0.5, 0.6) is 0 Å². The highest BCUT2D eigenvalue weighted by molar-refractivity contribution is 7.74. The van der Waals surface area contributed by atoms with Gasteiger partial charge in [0.05, 0.1) is 10.6 Å². The first kappa shape index (κ1) is 16.9. The summed E-state index contributed by atoms with van der Waals surface area (Å²) < 4.78 is 14.4. The molecule has 0 aromatic heterocycles. The number of rotatable bonds is 0. The maximum atomic E-state index is 14.4. The minimum Gasteiger partial charge on any atom is -0.338 e. The fourth-order valence-corrected chi connectivity index (χ4v) is 8.55. The van der Waals surface area contributed by atoms with E-state index in [2.05, 4.69) is 60.7 Å². The van der Waals surface area contributed by atoms with E-state index in [1.54, 1.807) is 0 Å². The van der Waals surface area contributed by atoms with E-state index in [0.29, 0.717) is 10.6 Å². The Labute approximate surface area is 187 Å². The molecule has 0 fully saturated rings. The summed E-state index contributed by atoms with van der Waals surface area (Å²) in [6.45, 7) is 0. The molecule has 9 rings (SSSR count). The predicted molar refractivity (Wildman–Crippen MR) is 140 cm³/mol. The van der Waals surface area contributed by atoms with Crippen LogP contribution in [0.2, 0.25) is 0 Å². The van der Waals surface area contributed by atoms with Gasteiger partial charge in [-0.25, -0.2) is 0 Å². The molecule has 1 aliphatic rings. The first-order valence-corrected chi connectivity index (χ1v) is 12.9. The molecular weight excluding hydrogens is 423 g/mol. The summed E-state index contributed by atoms with van der Waals surface area (Å²) in [6.07, 6.45) is 0. The Bertz CT molecular complexity index is 2070. The molecule has 0 aliphatic carbocycles. The van der Waals surface area contributed by atoms with Gasteiger partial charge in [-0.2, -0.15) is 0 Å². The molecule has 0 atom stereocenters. The maximum Gasteiger partial charge on any atom is 0.260 e. The van der Waals surface area contributed by atoms with E-state index >= 15 is 0 Å². The summed E-state index contributed by atoms with van der Waals surface area (Å²) in [4.78, 5) is 11.8. The highest BCUT2D eigenvalue weighted by Crippen LogP contribution is 2.54. The first-order valence-electron chi connectivity index (χ1n) is 11.2. The second kappa shape index (κ2) is 5.10. The molecule has 0 saturated carbocycles. The van der Waals surface area contributed by atoms with E-state index in [-0.39, 0.29) is 0 Å². The van der Waals surface area contributed by atoms with Crippen LogP contribution in [0, 0.1) is 0 Å². The summed E-state index contributed by atoms with van der Waals surface area (Å²) in [7, 11) is -3.81. The monoisotopic (exact) mass is 438 g/mol. The van der Waals surface area contributed by atoms with Gasteiger partial charge in [-0.3, -0.25) is 4.57 Å². The van der Waals surface area contributed by atoms with Gasteiger partial charge in [0.15, 0.2) is 0 Å². The predicted octanol–water partition coefficient (Wildman–Crippen LogP) is 7.17. The fourth-order valence-electron chi connectivity index (χ4n) is 6.61. The van der Waals surface area contributed by atoms with Crippen LogP contribution in [0.25, 0.3) is 75.4 Å². The smallest absolute Gasteiger partial charge is 0.260 e. The molecule has 1 N–H and O–H groups in total. The van der Waals surface area contributed by atoms with Crippen molar-refractivity contribution in [3.8, 4) is 0 Å². The van der Waals surface area contributed by atoms with Crippen molar-refractivity contribution < 1.29 is 9.46 Å². The van der Waals surface area contributed by atoms with Crippen LogP contribution in [0.15, 0.2) is 84.9 Å². The average molecular weight is 438 g/mol. The van der Waals surface area contributed by atoms with Gasteiger partial charge in [-0.15, -0.1) is 0 Å². The van der Waals surface area contributed by atoms with Crippen LogP contribution >= 0.6 is 7.37 Å². The van der Waals surface area contributed by atoms with Crippen LogP contribution in [0.1, 0.15) is 0 Å². The van der Waals surface area contributed by atoms with Gasteiger partial charge in [0.25, 0.3) is 7.37 Å². The van der Waals surface area contributed by atoms with E-state index in [9.17, 15) is 9.46 Å². The lowest BCUT2D eigenvalue weighted by atomic mass is 9.86. The lowest BCUT2D eigenvalue weighted by Crippen LogP contribution is -2.22. The van der Waals surface area contributed by atoms with Gasteiger partial charge in [-0.05, 0) is 88.9 Å². The standard InChI is InChI=1S/C30H15O2P/c31-33(32)22-13-17-5-1-3-15-7-9-19-11-21-12-20-10-8-16-4-2-6-18-14-23(33)30(27(20)25(16)18)28(21)29(22)26(19)24(15)17/h1-14H,(H,31,32). The first-order chi connectivity index (χ1) is 16.1. The number of hydrogen-bond donors (Lipinski definition) is 1. The molecule has 2 nitrogen and oxygen atoms in total. The van der Waals surface area contributed by atoms with Crippen molar-refractivity contribution in [1.29, 1.82) is 0 Å². The quantitative estimate of drug-likeness (QED) is 0.155. The van der Waals surface area contributed by atoms with Gasteiger partial charge < -0.3 is 4.89 Å². The van der Waals surface area contributed by atoms with Crippen molar-refractivity contribution in [2.45, 2.75) is 0 Å². The van der Waals surface area contributed by atoms with Crippen molar-refractivity contribution in [1.82, 2.24) is 0 Å². The van der Waals surface area contributed by atoms with Crippen molar-refractivity contribution in [3.63, 3.8) is 0 Å². The van der Waals surface area contributed by atoms with Gasteiger partial charge in [-0.1, -0.05) is 60.7 Å². The molecule has 152 valence electrons. The lowest BCUT2D eigenvalue weighted by molar-refractivity contribution is 0.501. The minimum absolute atomic E-state index is 0.578. The highest BCUT2D eigenvalue weighted by atomic mass is 31.2. The van der Waals surface area contributed by atoms with Gasteiger partial charge in [0, 0.05) is 10.8 Å². The number of benzene rings is 8. The minimum atomic E-state index is -3.81. The summed E-state index contributed by atoms with van der Waals surface area (Å²) >= 11 is 0. The molecule has 0 saturated heterocycles. The number of hydrogen-bond acceptors (Lipinski definition) is 1. The Morgan fingerprint density at radius 3 is 1.33 bits per heavy atom. The Balaban J connectivity index is 1.75. The van der Waals surface area contributed by atoms with Crippen molar-refractivity contribution >= 4 is 93.4 Å². The fraction of sp³-hybridized carbons (Fsp3) is 0. The normalized spacial score (nSPS) is 15.2. The third kappa shape index (κ3) is 1.73.